The molecule has 2 atom stereocenters. The van der Waals surface area contributed by atoms with Crippen LogP contribution in [0.15, 0.2) is 28.7 Å². The maximum atomic E-state index is 3.59. The van der Waals surface area contributed by atoms with Gasteiger partial charge in [0, 0.05) is 10.5 Å². The molecule has 1 rings (SSSR count). The van der Waals surface area contributed by atoms with Crippen molar-refractivity contribution in [2.75, 3.05) is 6.54 Å². The summed E-state index contributed by atoms with van der Waals surface area (Å²) < 4.78 is 1.15. The maximum absolute atomic E-state index is 3.59. The van der Waals surface area contributed by atoms with Crippen LogP contribution in [0.2, 0.25) is 0 Å². The summed E-state index contributed by atoms with van der Waals surface area (Å²) in [5.74, 6) is 0.785. The molecular weight excluding hydrogens is 274 g/mol. The second-order valence-corrected chi connectivity index (χ2v) is 5.71. The van der Waals surface area contributed by atoms with Crippen LogP contribution in [0.5, 0.6) is 0 Å². The van der Waals surface area contributed by atoms with Gasteiger partial charge in [-0.2, -0.15) is 0 Å². The minimum Gasteiger partial charge on any atom is -0.310 e. The van der Waals surface area contributed by atoms with E-state index in [4.69, 9.17) is 0 Å². The number of nitrogens with one attached hydrogen (secondary N) is 1. The summed E-state index contributed by atoms with van der Waals surface area (Å²) in [5, 5.41) is 3.59. The predicted octanol–water partition coefficient (Wildman–Crippen LogP) is 4.93. The van der Waals surface area contributed by atoms with E-state index in [1.54, 1.807) is 0 Å². The van der Waals surface area contributed by atoms with Gasteiger partial charge in [0.2, 0.25) is 0 Å². The summed E-state index contributed by atoms with van der Waals surface area (Å²) in [6.07, 6.45) is 3.82. The van der Waals surface area contributed by atoms with Gasteiger partial charge in [-0.05, 0) is 36.6 Å². The molecular formula is C15H24BrN. The van der Waals surface area contributed by atoms with Crippen molar-refractivity contribution in [3.05, 3.63) is 34.3 Å². The van der Waals surface area contributed by atoms with E-state index in [1.807, 2.05) is 0 Å². The zero-order valence-electron chi connectivity index (χ0n) is 11.2. The third kappa shape index (κ3) is 5.22. The smallest absolute Gasteiger partial charge is 0.0322 e. The van der Waals surface area contributed by atoms with Crippen LogP contribution in [0, 0.1) is 5.92 Å². The third-order valence-corrected chi connectivity index (χ3v) is 3.67. The van der Waals surface area contributed by atoms with Crippen molar-refractivity contribution in [2.24, 2.45) is 5.92 Å². The first kappa shape index (κ1) is 14.7. The van der Waals surface area contributed by atoms with Gasteiger partial charge in [-0.1, -0.05) is 61.7 Å². The molecule has 0 amide bonds. The minimum absolute atomic E-state index is 0.495. The second-order valence-electron chi connectivity index (χ2n) is 4.79. The standard InChI is InChI=1S/C15H24BrN/c1-4-6-12(3)11-15(17-5-2)13-7-9-14(16)10-8-13/h7-10,12,15,17H,4-6,11H2,1-3H3. The largest absolute Gasteiger partial charge is 0.310 e. The predicted molar refractivity (Wildman–Crippen MR) is 79.2 cm³/mol. The van der Waals surface area contributed by atoms with Gasteiger partial charge in [0.15, 0.2) is 0 Å². The molecule has 0 aromatic heterocycles. The van der Waals surface area contributed by atoms with Gasteiger partial charge >= 0.3 is 0 Å². The van der Waals surface area contributed by atoms with E-state index in [0.29, 0.717) is 6.04 Å². The molecule has 0 heterocycles. The number of hydrogen-bond donors (Lipinski definition) is 1. The molecule has 96 valence electrons. The van der Waals surface area contributed by atoms with Crippen LogP contribution in [0.1, 0.15) is 51.6 Å². The maximum Gasteiger partial charge on any atom is 0.0322 e. The van der Waals surface area contributed by atoms with Crippen LogP contribution in [-0.4, -0.2) is 6.54 Å². The average Bonchev–Trinajstić information content (AvgIpc) is 2.30. The second kappa shape index (κ2) is 7.88. The first-order valence-electron chi connectivity index (χ1n) is 6.66. The fourth-order valence-electron chi connectivity index (χ4n) is 2.29. The van der Waals surface area contributed by atoms with Crippen LogP contribution in [0.25, 0.3) is 0 Å². The molecule has 1 N–H and O–H groups in total. The molecule has 0 bridgehead atoms. The fraction of sp³-hybridized carbons (Fsp3) is 0.600. The Morgan fingerprint density at radius 2 is 1.82 bits per heavy atom. The van der Waals surface area contributed by atoms with E-state index < -0.39 is 0 Å². The van der Waals surface area contributed by atoms with Crippen molar-refractivity contribution in [1.29, 1.82) is 0 Å². The Morgan fingerprint density at radius 1 is 1.18 bits per heavy atom. The van der Waals surface area contributed by atoms with Gasteiger partial charge in [0.05, 0.1) is 0 Å². The van der Waals surface area contributed by atoms with Crippen LogP contribution in [-0.2, 0) is 0 Å². The monoisotopic (exact) mass is 297 g/mol. The Balaban J connectivity index is 2.67. The van der Waals surface area contributed by atoms with Gasteiger partial charge < -0.3 is 5.32 Å². The molecule has 0 radical (unpaired) electrons. The van der Waals surface area contributed by atoms with Crippen molar-refractivity contribution < 1.29 is 0 Å². The first-order chi connectivity index (χ1) is 8.17. The SMILES string of the molecule is CCCC(C)CC(NCC)c1ccc(Br)cc1. The zero-order chi connectivity index (χ0) is 12.7. The summed E-state index contributed by atoms with van der Waals surface area (Å²) in [6, 6.07) is 9.19. The highest BCUT2D eigenvalue weighted by molar-refractivity contribution is 9.10. The molecule has 1 nitrogen and oxygen atoms in total. The van der Waals surface area contributed by atoms with Crippen LogP contribution < -0.4 is 5.32 Å². The van der Waals surface area contributed by atoms with Crippen molar-refractivity contribution >= 4 is 15.9 Å². The molecule has 0 aliphatic heterocycles. The highest BCUT2D eigenvalue weighted by Gasteiger charge is 2.13. The van der Waals surface area contributed by atoms with Crippen molar-refractivity contribution in [3.8, 4) is 0 Å². The lowest BCUT2D eigenvalue weighted by Gasteiger charge is -2.22. The molecule has 0 aliphatic rings. The van der Waals surface area contributed by atoms with E-state index in [2.05, 4.69) is 66.3 Å². The summed E-state index contributed by atoms with van der Waals surface area (Å²) in [4.78, 5) is 0. The Labute approximate surface area is 114 Å². The normalized spacial score (nSPS) is 14.6. The lowest BCUT2D eigenvalue weighted by Crippen LogP contribution is -2.22. The molecule has 0 spiro atoms. The number of hydrogen-bond acceptors (Lipinski definition) is 1. The topological polar surface area (TPSA) is 12.0 Å². The van der Waals surface area contributed by atoms with E-state index in [0.717, 1.165) is 16.9 Å². The average molecular weight is 298 g/mol. The lowest BCUT2D eigenvalue weighted by molar-refractivity contribution is 0.395. The number of benzene rings is 1. The van der Waals surface area contributed by atoms with Gasteiger partial charge in [0.1, 0.15) is 0 Å². The van der Waals surface area contributed by atoms with Crippen molar-refractivity contribution in [2.45, 2.75) is 46.1 Å². The molecule has 17 heavy (non-hydrogen) atoms. The van der Waals surface area contributed by atoms with Crippen LogP contribution in [0.4, 0.5) is 0 Å². The molecule has 1 aromatic rings. The Kier molecular flexibility index (Phi) is 6.83. The summed E-state index contributed by atoms with van der Waals surface area (Å²) in [7, 11) is 0. The Morgan fingerprint density at radius 3 is 2.35 bits per heavy atom. The van der Waals surface area contributed by atoms with Gasteiger partial charge in [-0.25, -0.2) is 0 Å². The highest BCUT2D eigenvalue weighted by atomic mass is 79.9. The molecule has 2 unspecified atom stereocenters. The van der Waals surface area contributed by atoms with E-state index in [1.165, 1.54) is 24.8 Å². The molecule has 2 heteroatoms. The first-order valence-corrected chi connectivity index (χ1v) is 7.45. The lowest BCUT2D eigenvalue weighted by atomic mass is 9.93. The number of halogens is 1. The van der Waals surface area contributed by atoms with Crippen molar-refractivity contribution in [1.82, 2.24) is 5.32 Å². The quantitative estimate of drug-likeness (QED) is 0.753. The van der Waals surface area contributed by atoms with Crippen LogP contribution >= 0.6 is 15.9 Å². The summed E-state index contributed by atoms with van der Waals surface area (Å²) in [6.45, 7) is 7.82. The molecule has 0 saturated heterocycles. The van der Waals surface area contributed by atoms with E-state index in [-0.39, 0.29) is 0 Å². The highest BCUT2D eigenvalue weighted by Crippen LogP contribution is 2.25. The van der Waals surface area contributed by atoms with Crippen LogP contribution in [0.3, 0.4) is 0 Å². The molecule has 0 fully saturated rings. The molecule has 0 aliphatic carbocycles. The molecule has 1 aromatic carbocycles. The van der Waals surface area contributed by atoms with Crippen molar-refractivity contribution in [3.63, 3.8) is 0 Å². The summed E-state index contributed by atoms with van der Waals surface area (Å²) in [5.41, 5.74) is 1.40. The Hall–Kier alpha value is -0.340. The van der Waals surface area contributed by atoms with E-state index in [9.17, 15) is 0 Å². The van der Waals surface area contributed by atoms with E-state index >= 15 is 0 Å². The minimum atomic E-state index is 0.495. The number of rotatable bonds is 7. The van der Waals surface area contributed by atoms with Gasteiger partial charge in [0.25, 0.3) is 0 Å². The molecule has 0 saturated carbocycles. The summed E-state index contributed by atoms with van der Waals surface area (Å²) >= 11 is 3.49. The Bertz CT molecular complexity index is 307. The zero-order valence-corrected chi connectivity index (χ0v) is 12.8. The fourth-order valence-corrected chi connectivity index (χ4v) is 2.56. The third-order valence-electron chi connectivity index (χ3n) is 3.14. The van der Waals surface area contributed by atoms with Gasteiger partial charge in [-0.15, -0.1) is 0 Å². The van der Waals surface area contributed by atoms with Gasteiger partial charge in [-0.3, -0.25) is 0 Å².